The second-order valence-electron chi connectivity index (χ2n) is 3.22. The zero-order valence-electron chi connectivity index (χ0n) is 9.95. The fourth-order valence-corrected chi connectivity index (χ4v) is 0.920. The number of carbonyl (C=O) groups excluding carboxylic acids is 1. The van der Waals surface area contributed by atoms with Gasteiger partial charge in [0.1, 0.15) is 0 Å². The van der Waals surface area contributed by atoms with Crippen LogP contribution >= 0.6 is 0 Å². The molecule has 113 valence electrons. The maximum absolute atomic E-state index is 12.4. The number of hydrogen-bond donors (Lipinski definition) is 0. The van der Waals surface area contributed by atoms with Crippen LogP contribution in [0.15, 0.2) is 11.8 Å². The summed E-state index contributed by atoms with van der Waals surface area (Å²) < 4.78 is 77.1. The van der Waals surface area contributed by atoms with Crippen molar-refractivity contribution in [1.29, 1.82) is 0 Å². The molecule has 0 heterocycles. The van der Waals surface area contributed by atoms with Crippen molar-refractivity contribution in [2.75, 3.05) is 0 Å². The molecule has 0 aliphatic carbocycles. The number of alkyl halides is 6. The maximum atomic E-state index is 12.4. The number of ether oxygens (including phenoxy) is 1. The van der Waals surface area contributed by atoms with E-state index in [0.717, 1.165) is 0 Å². The molecule has 0 saturated heterocycles. The summed E-state index contributed by atoms with van der Waals surface area (Å²) in [7, 11) is 0. The first-order valence-corrected chi connectivity index (χ1v) is 4.94. The number of allylic oxidation sites excluding steroid dienone is 2. The van der Waals surface area contributed by atoms with Crippen molar-refractivity contribution >= 4 is 5.78 Å². The Labute approximate surface area is 116 Å². The molecule has 0 N–H and O–H groups in total. The summed E-state index contributed by atoms with van der Waals surface area (Å²) in [5, 5.41) is 0. The Hall–Kier alpha value is -0.691. The van der Waals surface area contributed by atoms with Gasteiger partial charge in [0.25, 0.3) is 5.78 Å². The van der Waals surface area contributed by atoms with Gasteiger partial charge in [-0.05, 0) is 0 Å². The van der Waals surface area contributed by atoms with Crippen LogP contribution in [0.3, 0.4) is 0 Å². The van der Waals surface area contributed by atoms with Crippen LogP contribution in [0.5, 0.6) is 0 Å². The minimum Gasteiger partial charge on any atom is -0.656 e. The van der Waals surface area contributed by atoms with E-state index < -0.39 is 30.0 Å². The van der Waals surface area contributed by atoms with E-state index in [9.17, 15) is 31.1 Å². The molecule has 0 aromatic carbocycles. The third kappa shape index (κ3) is 7.47. The van der Waals surface area contributed by atoms with E-state index in [0.29, 0.717) is 0 Å². The molecule has 0 amide bonds. The third-order valence-electron chi connectivity index (χ3n) is 1.86. The molecule has 2 nitrogen and oxygen atoms in total. The number of halogens is 6. The second kappa shape index (κ2) is 7.79. The number of carbonyl (C=O) groups is 1. The van der Waals surface area contributed by atoms with E-state index in [1.54, 1.807) is 0 Å². The summed E-state index contributed by atoms with van der Waals surface area (Å²) in [6, 6.07) is 0. The van der Waals surface area contributed by atoms with Crippen molar-refractivity contribution in [2.45, 2.75) is 39.0 Å². The standard InChI is InChI=1S/C10H11F6O2.Mn/c1-3-6(4-2)18-8(10(14,15)16)5-7(17)9(11,12)13;/h5H,3-4H2,1-2H3;/q-1;/b8-5-;. The summed E-state index contributed by atoms with van der Waals surface area (Å²) in [4.78, 5) is 10.5. The van der Waals surface area contributed by atoms with Crippen LogP contribution in [0.4, 0.5) is 26.3 Å². The fourth-order valence-electron chi connectivity index (χ4n) is 0.920. The van der Waals surface area contributed by atoms with Gasteiger partial charge in [-0.2, -0.15) is 26.3 Å². The van der Waals surface area contributed by atoms with Gasteiger partial charge in [0.15, 0.2) is 5.76 Å². The van der Waals surface area contributed by atoms with Gasteiger partial charge >= 0.3 is 12.4 Å². The number of rotatable bonds is 5. The number of ketones is 1. The Bertz CT molecular complexity index is 317. The Balaban J connectivity index is 0. The average Bonchev–Trinajstić information content (AvgIpc) is 2.20. The molecule has 0 spiro atoms. The van der Waals surface area contributed by atoms with E-state index >= 15 is 0 Å². The molecule has 0 aromatic rings. The SMILES string of the molecule is CC[C-](CC)O/C(=C\C(=O)C(F)(F)F)C(F)(F)F.[Mn]. The van der Waals surface area contributed by atoms with E-state index in [4.69, 9.17) is 0 Å². The predicted octanol–water partition coefficient (Wildman–Crippen LogP) is 3.93. The Morgan fingerprint density at radius 3 is 1.74 bits per heavy atom. The van der Waals surface area contributed by atoms with Gasteiger partial charge in [-0.3, -0.25) is 4.79 Å². The largest absolute Gasteiger partial charge is 0.656 e. The molecular weight excluding hydrogens is 321 g/mol. The zero-order chi connectivity index (χ0) is 14.6. The summed E-state index contributed by atoms with van der Waals surface area (Å²) >= 11 is 0. The molecule has 0 rings (SSSR count). The Morgan fingerprint density at radius 1 is 1.05 bits per heavy atom. The normalized spacial score (nSPS) is 13.2. The van der Waals surface area contributed by atoms with Crippen molar-refractivity contribution in [1.82, 2.24) is 0 Å². The Kier molecular flexibility index (Phi) is 8.46. The van der Waals surface area contributed by atoms with Crippen LogP contribution < -0.4 is 0 Å². The fraction of sp³-hybridized carbons (Fsp3) is 0.600. The van der Waals surface area contributed by atoms with Crippen molar-refractivity contribution < 1.29 is 52.9 Å². The Morgan fingerprint density at radius 2 is 1.47 bits per heavy atom. The van der Waals surface area contributed by atoms with Crippen LogP contribution in [-0.2, 0) is 26.6 Å². The van der Waals surface area contributed by atoms with Crippen LogP contribution in [0.25, 0.3) is 0 Å². The minimum atomic E-state index is -5.36. The number of hydrogen-bond acceptors (Lipinski definition) is 2. The van der Waals surface area contributed by atoms with Gasteiger partial charge in [-0.15, -0.1) is 18.9 Å². The first kappa shape index (κ1) is 20.6. The topological polar surface area (TPSA) is 26.3 Å². The summed E-state index contributed by atoms with van der Waals surface area (Å²) in [6.07, 6.45) is -11.0. The van der Waals surface area contributed by atoms with Gasteiger partial charge in [0.2, 0.25) is 0 Å². The first-order chi connectivity index (χ1) is 8.02. The molecule has 0 fully saturated rings. The molecule has 9 heteroatoms. The minimum absolute atomic E-state index is 0. The van der Waals surface area contributed by atoms with Crippen LogP contribution in [0.1, 0.15) is 26.7 Å². The van der Waals surface area contributed by atoms with E-state index in [1.807, 2.05) is 0 Å². The molecule has 0 aliphatic rings. The summed E-state index contributed by atoms with van der Waals surface area (Å²) in [5.41, 5.74) is 0. The van der Waals surface area contributed by atoms with E-state index in [-0.39, 0.29) is 36.0 Å². The van der Waals surface area contributed by atoms with E-state index in [2.05, 4.69) is 4.74 Å². The quantitative estimate of drug-likeness (QED) is 0.251. The maximum Gasteiger partial charge on any atom is 0.454 e. The molecule has 0 atom stereocenters. The van der Waals surface area contributed by atoms with Crippen molar-refractivity contribution in [3.63, 3.8) is 0 Å². The molecule has 0 unspecified atom stereocenters. The molecule has 0 saturated carbocycles. The van der Waals surface area contributed by atoms with E-state index in [1.165, 1.54) is 13.8 Å². The smallest absolute Gasteiger partial charge is 0.454 e. The van der Waals surface area contributed by atoms with Crippen LogP contribution in [-0.4, -0.2) is 18.1 Å². The molecular formula is C10H11F6MnO2-. The average molecular weight is 332 g/mol. The third-order valence-corrected chi connectivity index (χ3v) is 1.86. The second-order valence-corrected chi connectivity index (χ2v) is 3.22. The molecule has 0 aliphatic heterocycles. The van der Waals surface area contributed by atoms with Crippen LogP contribution in [0.2, 0.25) is 0 Å². The van der Waals surface area contributed by atoms with Gasteiger partial charge in [-0.25, -0.2) is 0 Å². The van der Waals surface area contributed by atoms with Crippen molar-refractivity contribution in [3.05, 3.63) is 17.9 Å². The van der Waals surface area contributed by atoms with Gasteiger partial charge < -0.3 is 4.74 Å². The summed E-state index contributed by atoms with van der Waals surface area (Å²) in [5.74, 6) is -4.56. The molecule has 19 heavy (non-hydrogen) atoms. The monoisotopic (exact) mass is 332 g/mol. The van der Waals surface area contributed by atoms with Crippen LogP contribution in [0, 0.1) is 6.10 Å². The van der Waals surface area contributed by atoms with Crippen molar-refractivity contribution in [3.8, 4) is 0 Å². The predicted molar refractivity (Wildman–Crippen MR) is 50.1 cm³/mol. The molecule has 1 radical (unpaired) electrons. The van der Waals surface area contributed by atoms with Gasteiger partial charge in [0.05, 0.1) is 0 Å². The van der Waals surface area contributed by atoms with Gasteiger partial charge in [-0.1, -0.05) is 13.8 Å². The van der Waals surface area contributed by atoms with Gasteiger partial charge in [0, 0.05) is 23.1 Å². The first-order valence-electron chi connectivity index (χ1n) is 4.94. The van der Waals surface area contributed by atoms with Crippen molar-refractivity contribution in [2.24, 2.45) is 0 Å². The zero-order valence-corrected chi connectivity index (χ0v) is 11.1. The molecule has 0 aromatic heterocycles. The summed E-state index contributed by atoms with van der Waals surface area (Å²) in [6.45, 7) is 2.97. The molecule has 0 bridgehead atoms.